The number of rotatable bonds is 2. The Labute approximate surface area is 125 Å². The average Bonchev–Trinajstić information content (AvgIpc) is 2.78. The zero-order valence-corrected chi connectivity index (χ0v) is 13.2. The van der Waals surface area contributed by atoms with E-state index in [2.05, 4.69) is 27.6 Å². The fourth-order valence-corrected chi connectivity index (χ4v) is 4.10. The molecule has 1 N–H and O–H groups in total. The van der Waals surface area contributed by atoms with Crippen LogP contribution in [0.3, 0.4) is 0 Å². The largest absolute Gasteiger partial charge is 0.353 e. The number of nitrogens with one attached hydrogen (secondary N) is 1. The van der Waals surface area contributed by atoms with E-state index >= 15 is 0 Å². The van der Waals surface area contributed by atoms with E-state index in [4.69, 9.17) is 0 Å². The molecule has 0 saturated carbocycles. The number of hydrogen-bond donors (Lipinski definition) is 1. The lowest BCUT2D eigenvalue weighted by atomic mass is 10.1. The number of aromatic amines is 1. The number of aromatic nitrogens is 1. The maximum absolute atomic E-state index is 12.2. The molecule has 1 aromatic heterocycles. The topological polar surface area (TPSA) is 49.9 Å². The molecule has 0 atom stereocenters. The molecular formula is C14H12INO2S. The van der Waals surface area contributed by atoms with Crippen LogP contribution >= 0.6 is 22.6 Å². The van der Waals surface area contributed by atoms with Crippen LogP contribution in [0.1, 0.15) is 6.92 Å². The second-order valence-electron chi connectivity index (χ2n) is 4.37. The maximum atomic E-state index is 12.2. The number of H-pyrrole nitrogens is 1. The fraction of sp³-hybridized carbons (Fsp3) is 0.143. The van der Waals surface area contributed by atoms with Crippen LogP contribution in [-0.4, -0.2) is 19.2 Å². The van der Waals surface area contributed by atoms with Gasteiger partial charge in [-0.2, -0.15) is 0 Å². The van der Waals surface area contributed by atoms with Crippen LogP contribution in [0, 0.1) is 3.57 Å². The van der Waals surface area contributed by atoms with Gasteiger partial charge in [-0.05, 0) is 40.8 Å². The molecule has 0 fully saturated rings. The number of hydrogen-bond acceptors (Lipinski definition) is 2. The first-order valence-corrected chi connectivity index (χ1v) is 8.69. The van der Waals surface area contributed by atoms with Gasteiger partial charge in [0, 0.05) is 19.9 Å². The van der Waals surface area contributed by atoms with Crippen LogP contribution in [-0.2, 0) is 9.84 Å². The van der Waals surface area contributed by atoms with Crippen molar-refractivity contribution in [3.8, 4) is 0 Å². The van der Waals surface area contributed by atoms with Crippen molar-refractivity contribution in [2.24, 2.45) is 0 Å². The molecule has 98 valence electrons. The van der Waals surface area contributed by atoms with Crippen LogP contribution in [0.15, 0.2) is 41.3 Å². The first-order valence-electron chi connectivity index (χ1n) is 5.96. The third-order valence-electron chi connectivity index (χ3n) is 3.29. The molecule has 1 heterocycles. The van der Waals surface area contributed by atoms with E-state index in [1.807, 2.05) is 30.3 Å². The van der Waals surface area contributed by atoms with Gasteiger partial charge in [0.15, 0.2) is 9.84 Å². The molecule has 19 heavy (non-hydrogen) atoms. The minimum Gasteiger partial charge on any atom is -0.353 e. The van der Waals surface area contributed by atoms with Crippen molar-refractivity contribution in [1.82, 2.24) is 4.98 Å². The molecule has 3 aromatic rings. The van der Waals surface area contributed by atoms with Gasteiger partial charge in [0.1, 0.15) is 0 Å². The zero-order valence-electron chi connectivity index (χ0n) is 10.3. The molecule has 0 radical (unpaired) electrons. The molecule has 0 saturated heterocycles. The smallest absolute Gasteiger partial charge is 0.180 e. The van der Waals surface area contributed by atoms with E-state index in [1.165, 1.54) is 0 Å². The maximum Gasteiger partial charge on any atom is 0.180 e. The molecule has 0 unspecified atom stereocenters. The van der Waals surface area contributed by atoms with E-state index in [-0.39, 0.29) is 5.75 Å². The predicted molar refractivity (Wildman–Crippen MR) is 86.2 cm³/mol. The van der Waals surface area contributed by atoms with E-state index in [0.29, 0.717) is 4.90 Å². The van der Waals surface area contributed by atoms with Crippen molar-refractivity contribution in [2.75, 3.05) is 5.75 Å². The van der Waals surface area contributed by atoms with Gasteiger partial charge in [-0.25, -0.2) is 8.42 Å². The van der Waals surface area contributed by atoms with Gasteiger partial charge < -0.3 is 4.98 Å². The SMILES string of the molecule is CCS(=O)(=O)c1ccc(I)c2c1[nH]c1ccccc12. The predicted octanol–water partition coefficient (Wildman–Crippen LogP) is 3.72. The zero-order chi connectivity index (χ0) is 13.6. The molecule has 0 bridgehead atoms. The summed E-state index contributed by atoms with van der Waals surface area (Å²) in [5.74, 6) is 0.109. The van der Waals surface area contributed by atoms with Crippen LogP contribution in [0.2, 0.25) is 0 Å². The molecule has 3 rings (SSSR count). The third-order valence-corrected chi connectivity index (χ3v) is 5.96. The summed E-state index contributed by atoms with van der Waals surface area (Å²) in [7, 11) is -3.22. The normalized spacial score (nSPS) is 12.3. The monoisotopic (exact) mass is 385 g/mol. The Morgan fingerprint density at radius 2 is 1.89 bits per heavy atom. The van der Waals surface area contributed by atoms with Gasteiger partial charge in [0.05, 0.1) is 16.2 Å². The molecular weight excluding hydrogens is 373 g/mol. The Morgan fingerprint density at radius 3 is 2.63 bits per heavy atom. The highest BCUT2D eigenvalue weighted by Gasteiger charge is 2.19. The van der Waals surface area contributed by atoms with Crippen LogP contribution < -0.4 is 0 Å². The van der Waals surface area contributed by atoms with Crippen molar-refractivity contribution in [3.63, 3.8) is 0 Å². The molecule has 0 amide bonds. The van der Waals surface area contributed by atoms with Gasteiger partial charge in [0.2, 0.25) is 0 Å². The Hall–Kier alpha value is -1.08. The standard InChI is InChI=1S/C14H12INO2S/c1-2-19(17,18)12-8-7-10(15)13-9-5-3-4-6-11(9)16-14(12)13/h3-8,16H,2H2,1H3. The fourth-order valence-electron chi connectivity index (χ4n) is 2.31. The minimum absolute atomic E-state index is 0.109. The Kier molecular flexibility index (Phi) is 3.05. The second-order valence-corrected chi connectivity index (χ2v) is 7.78. The summed E-state index contributed by atoms with van der Waals surface area (Å²) in [5.41, 5.74) is 1.68. The summed E-state index contributed by atoms with van der Waals surface area (Å²) >= 11 is 2.24. The highest BCUT2D eigenvalue weighted by atomic mass is 127. The summed E-state index contributed by atoms with van der Waals surface area (Å²) in [5, 5.41) is 2.06. The van der Waals surface area contributed by atoms with Crippen LogP contribution in [0.5, 0.6) is 0 Å². The first-order chi connectivity index (χ1) is 9.04. The number of fused-ring (bicyclic) bond motifs is 3. The lowest BCUT2D eigenvalue weighted by Gasteiger charge is -2.04. The second kappa shape index (κ2) is 4.49. The Balaban J connectivity index is 2.55. The number of sulfone groups is 1. The summed E-state index contributed by atoms with van der Waals surface area (Å²) in [4.78, 5) is 3.63. The summed E-state index contributed by atoms with van der Waals surface area (Å²) in [6.07, 6.45) is 0. The van der Waals surface area contributed by atoms with Gasteiger partial charge in [-0.15, -0.1) is 0 Å². The van der Waals surface area contributed by atoms with Crippen LogP contribution in [0.25, 0.3) is 21.8 Å². The average molecular weight is 385 g/mol. The van der Waals surface area contributed by atoms with Gasteiger partial charge in [0.25, 0.3) is 0 Å². The molecule has 2 aromatic carbocycles. The highest BCUT2D eigenvalue weighted by Crippen LogP contribution is 2.33. The third kappa shape index (κ3) is 1.95. The van der Waals surface area contributed by atoms with Gasteiger partial charge in [-0.1, -0.05) is 25.1 Å². The Morgan fingerprint density at radius 1 is 1.16 bits per heavy atom. The number of benzene rings is 2. The van der Waals surface area contributed by atoms with Crippen molar-refractivity contribution in [1.29, 1.82) is 0 Å². The summed E-state index contributed by atoms with van der Waals surface area (Å²) < 4.78 is 25.4. The molecule has 3 nitrogen and oxygen atoms in total. The first kappa shape index (κ1) is 12.9. The van der Waals surface area contributed by atoms with Crippen molar-refractivity contribution in [3.05, 3.63) is 40.0 Å². The summed E-state index contributed by atoms with van der Waals surface area (Å²) in [6.45, 7) is 1.67. The lowest BCUT2D eigenvalue weighted by molar-refractivity contribution is 0.598. The van der Waals surface area contributed by atoms with Crippen molar-refractivity contribution >= 4 is 54.2 Å². The highest BCUT2D eigenvalue weighted by molar-refractivity contribution is 14.1. The van der Waals surface area contributed by atoms with Crippen molar-refractivity contribution < 1.29 is 8.42 Å². The molecule has 0 aliphatic rings. The summed E-state index contributed by atoms with van der Waals surface area (Å²) in [6, 6.07) is 11.4. The van der Waals surface area contributed by atoms with E-state index in [9.17, 15) is 8.42 Å². The number of halogens is 1. The van der Waals surface area contributed by atoms with E-state index in [1.54, 1.807) is 13.0 Å². The quantitative estimate of drug-likeness (QED) is 0.684. The lowest BCUT2D eigenvalue weighted by Crippen LogP contribution is -2.04. The molecule has 0 aliphatic heterocycles. The number of para-hydroxylation sites is 1. The van der Waals surface area contributed by atoms with E-state index in [0.717, 1.165) is 25.4 Å². The van der Waals surface area contributed by atoms with Gasteiger partial charge >= 0.3 is 0 Å². The molecule has 0 aliphatic carbocycles. The minimum atomic E-state index is -3.22. The molecule has 0 spiro atoms. The van der Waals surface area contributed by atoms with Crippen LogP contribution in [0.4, 0.5) is 0 Å². The Bertz CT molecular complexity index is 881. The molecule has 5 heteroatoms. The van der Waals surface area contributed by atoms with Crippen molar-refractivity contribution in [2.45, 2.75) is 11.8 Å². The van der Waals surface area contributed by atoms with Gasteiger partial charge in [-0.3, -0.25) is 0 Å². The van der Waals surface area contributed by atoms with E-state index < -0.39 is 9.84 Å².